The Morgan fingerprint density at radius 1 is 1.42 bits per heavy atom. The first-order valence-electron chi connectivity index (χ1n) is 3.80. The van der Waals surface area contributed by atoms with Crippen molar-refractivity contribution >= 4 is 15.6 Å². The highest BCUT2D eigenvalue weighted by Gasteiger charge is 2.04. The number of rotatable bonds is 6. The van der Waals surface area contributed by atoms with Crippen LogP contribution in [0.15, 0.2) is 0 Å². The van der Waals surface area contributed by atoms with Crippen molar-refractivity contribution in [3.05, 3.63) is 0 Å². The van der Waals surface area contributed by atoms with Crippen molar-refractivity contribution < 1.29 is 13.2 Å². The van der Waals surface area contributed by atoms with Crippen LogP contribution in [0.1, 0.15) is 12.8 Å². The second kappa shape index (κ2) is 5.27. The molecule has 5 heteroatoms. The molecule has 0 saturated carbocycles. The van der Waals surface area contributed by atoms with Gasteiger partial charge in [0.2, 0.25) is 0 Å². The summed E-state index contributed by atoms with van der Waals surface area (Å²) in [5, 5.41) is 2.72. The third-order valence-electron chi connectivity index (χ3n) is 1.34. The molecule has 0 unspecified atom stereocenters. The van der Waals surface area contributed by atoms with Gasteiger partial charge in [0.25, 0.3) is 0 Å². The fourth-order valence-corrected chi connectivity index (χ4v) is 1.49. The van der Waals surface area contributed by atoms with Gasteiger partial charge in [0, 0.05) is 12.7 Å². The summed E-state index contributed by atoms with van der Waals surface area (Å²) in [6, 6.07) is 0. The van der Waals surface area contributed by atoms with Gasteiger partial charge >= 0.3 is 0 Å². The average Bonchev–Trinajstić information content (AvgIpc) is 1.84. The third-order valence-corrected chi connectivity index (χ3v) is 2.37. The fourth-order valence-electron chi connectivity index (χ4n) is 0.817. The molecule has 0 aliphatic heterocycles. The van der Waals surface area contributed by atoms with Crippen LogP contribution in [-0.4, -0.2) is 39.8 Å². The van der Waals surface area contributed by atoms with Crippen LogP contribution >= 0.6 is 0 Å². The summed E-state index contributed by atoms with van der Waals surface area (Å²) in [7, 11) is -1.22. The van der Waals surface area contributed by atoms with Crippen molar-refractivity contribution in [1.29, 1.82) is 0 Å². The zero-order chi connectivity index (χ0) is 9.61. The molecule has 0 aromatic rings. The third kappa shape index (κ3) is 7.68. The summed E-state index contributed by atoms with van der Waals surface area (Å²) in [5.41, 5.74) is 0. The van der Waals surface area contributed by atoms with E-state index in [-0.39, 0.29) is 11.5 Å². The lowest BCUT2D eigenvalue weighted by atomic mass is 10.2. The van der Waals surface area contributed by atoms with E-state index in [9.17, 15) is 13.2 Å². The van der Waals surface area contributed by atoms with Gasteiger partial charge in [0.1, 0.15) is 15.6 Å². The molecule has 0 aliphatic carbocycles. The standard InChI is InChI=1S/C7H15NO3S/c1-8-6-7(9)4-3-5-12(2,10)11/h8H,3-6H2,1-2H3. The molecule has 0 saturated heterocycles. The van der Waals surface area contributed by atoms with E-state index in [1.165, 1.54) is 6.26 Å². The number of hydrogen-bond acceptors (Lipinski definition) is 4. The Bertz CT molecular complexity index is 233. The Morgan fingerprint density at radius 3 is 2.42 bits per heavy atom. The highest BCUT2D eigenvalue weighted by molar-refractivity contribution is 7.90. The summed E-state index contributed by atoms with van der Waals surface area (Å²) >= 11 is 0. The largest absolute Gasteiger partial charge is 0.313 e. The topological polar surface area (TPSA) is 63.2 Å². The van der Waals surface area contributed by atoms with Crippen molar-refractivity contribution in [2.24, 2.45) is 0 Å². The lowest BCUT2D eigenvalue weighted by molar-refractivity contribution is -0.118. The van der Waals surface area contributed by atoms with Gasteiger partial charge in [-0.2, -0.15) is 0 Å². The maximum atomic E-state index is 10.9. The van der Waals surface area contributed by atoms with E-state index in [0.29, 0.717) is 19.4 Å². The van der Waals surface area contributed by atoms with Gasteiger partial charge < -0.3 is 5.32 Å². The van der Waals surface area contributed by atoms with E-state index < -0.39 is 9.84 Å². The molecule has 0 atom stereocenters. The molecular formula is C7H15NO3S. The van der Waals surface area contributed by atoms with Crippen molar-refractivity contribution in [3.63, 3.8) is 0 Å². The van der Waals surface area contributed by atoms with Gasteiger partial charge in [0.15, 0.2) is 0 Å². The van der Waals surface area contributed by atoms with Crippen LogP contribution in [0.25, 0.3) is 0 Å². The summed E-state index contributed by atoms with van der Waals surface area (Å²) in [5.74, 6) is 0.156. The Hall–Kier alpha value is -0.420. The first kappa shape index (κ1) is 11.6. The number of nitrogens with one attached hydrogen (secondary N) is 1. The fraction of sp³-hybridized carbons (Fsp3) is 0.857. The normalized spacial score (nSPS) is 11.5. The van der Waals surface area contributed by atoms with Crippen LogP contribution in [0.3, 0.4) is 0 Å². The highest BCUT2D eigenvalue weighted by atomic mass is 32.2. The molecule has 0 aromatic carbocycles. The van der Waals surface area contributed by atoms with Crippen LogP contribution in [0, 0.1) is 0 Å². The SMILES string of the molecule is CNCC(=O)CCCS(C)(=O)=O. The molecule has 0 bridgehead atoms. The molecule has 4 nitrogen and oxygen atoms in total. The Morgan fingerprint density at radius 2 is 2.00 bits per heavy atom. The van der Waals surface area contributed by atoms with Gasteiger partial charge in [-0.1, -0.05) is 0 Å². The van der Waals surface area contributed by atoms with Crippen LogP contribution in [0.5, 0.6) is 0 Å². The second-order valence-electron chi connectivity index (χ2n) is 2.80. The monoisotopic (exact) mass is 193 g/mol. The maximum Gasteiger partial charge on any atom is 0.147 e. The molecular weight excluding hydrogens is 178 g/mol. The summed E-state index contributed by atoms with van der Waals surface area (Å²) < 4.78 is 21.3. The lowest BCUT2D eigenvalue weighted by Crippen LogP contribution is -2.19. The highest BCUT2D eigenvalue weighted by Crippen LogP contribution is 1.94. The van der Waals surface area contributed by atoms with E-state index in [2.05, 4.69) is 5.32 Å². The Balaban J connectivity index is 3.51. The molecule has 0 radical (unpaired) electrons. The van der Waals surface area contributed by atoms with Crippen molar-refractivity contribution in [2.45, 2.75) is 12.8 Å². The quantitative estimate of drug-likeness (QED) is 0.623. The smallest absolute Gasteiger partial charge is 0.147 e. The van der Waals surface area contributed by atoms with Gasteiger partial charge in [-0.25, -0.2) is 8.42 Å². The number of likely N-dealkylation sites (N-methyl/N-ethyl adjacent to an activating group) is 1. The minimum atomic E-state index is -2.91. The zero-order valence-electron chi connectivity index (χ0n) is 7.46. The first-order chi connectivity index (χ1) is 5.45. The Kier molecular flexibility index (Phi) is 5.08. The molecule has 72 valence electrons. The molecule has 0 aromatic heterocycles. The number of sulfone groups is 1. The molecule has 1 N–H and O–H groups in total. The van der Waals surface area contributed by atoms with E-state index in [0.717, 1.165) is 0 Å². The predicted molar refractivity (Wildman–Crippen MR) is 47.9 cm³/mol. The molecule has 0 fully saturated rings. The summed E-state index contributed by atoms with van der Waals surface area (Å²) in [6.45, 7) is 0.323. The van der Waals surface area contributed by atoms with Gasteiger partial charge in [-0.3, -0.25) is 4.79 Å². The summed E-state index contributed by atoms with van der Waals surface area (Å²) in [6.07, 6.45) is 1.95. The van der Waals surface area contributed by atoms with Gasteiger partial charge in [-0.05, 0) is 13.5 Å². The van der Waals surface area contributed by atoms with Gasteiger partial charge in [0.05, 0.1) is 12.3 Å². The number of Topliss-reactive ketones (excluding diaryl/α,β-unsaturated/α-hetero) is 1. The number of carbonyl (C=O) groups excluding carboxylic acids is 1. The van der Waals surface area contributed by atoms with Crippen molar-refractivity contribution in [1.82, 2.24) is 5.32 Å². The van der Waals surface area contributed by atoms with Crippen LogP contribution in [0.2, 0.25) is 0 Å². The van der Waals surface area contributed by atoms with Crippen LogP contribution < -0.4 is 5.32 Å². The van der Waals surface area contributed by atoms with Crippen molar-refractivity contribution in [2.75, 3.05) is 25.6 Å². The second-order valence-corrected chi connectivity index (χ2v) is 5.06. The van der Waals surface area contributed by atoms with Gasteiger partial charge in [-0.15, -0.1) is 0 Å². The minimum absolute atomic E-state index is 0.0566. The number of carbonyl (C=O) groups is 1. The van der Waals surface area contributed by atoms with E-state index in [1.54, 1.807) is 7.05 Å². The molecule has 0 aliphatic rings. The van der Waals surface area contributed by atoms with E-state index in [4.69, 9.17) is 0 Å². The van der Waals surface area contributed by atoms with Crippen LogP contribution in [0.4, 0.5) is 0 Å². The van der Waals surface area contributed by atoms with Crippen LogP contribution in [-0.2, 0) is 14.6 Å². The maximum absolute atomic E-state index is 10.9. The molecule has 0 heterocycles. The molecule has 0 amide bonds. The Labute approximate surface area is 73.3 Å². The molecule has 0 spiro atoms. The zero-order valence-corrected chi connectivity index (χ0v) is 8.28. The molecule has 12 heavy (non-hydrogen) atoms. The lowest BCUT2D eigenvalue weighted by Gasteiger charge is -1.98. The van der Waals surface area contributed by atoms with E-state index >= 15 is 0 Å². The average molecular weight is 193 g/mol. The summed E-state index contributed by atoms with van der Waals surface area (Å²) in [4.78, 5) is 10.9. The molecule has 0 rings (SSSR count). The first-order valence-corrected chi connectivity index (χ1v) is 5.86. The predicted octanol–water partition coefficient (Wildman–Crippen LogP) is -0.400. The van der Waals surface area contributed by atoms with E-state index in [1.807, 2.05) is 0 Å². The number of hydrogen-bond donors (Lipinski definition) is 1. The number of ketones is 1. The van der Waals surface area contributed by atoms with Crippen molar-refractivity contribution in [3.8, 4) is 0 Å². The minimum Gasteiger partial charge on any atom is -0.313 e.